The normalized spacial score (nSPS) is 12.0. The zero-order valence-corrected chi connectivity index (χ0v) is 15.1. The number of amides is 1. The summed E-state index contributed by atoms with van der Waals surface area (Å²) in [6, 6.07) is 29.3. The number of aliphatic hydroxyl groups is 1. The zero-order valence-electron chi connectivity index (χ0n) is 15.1. The molecule has 0 fully saturated rings. The fourth-order valence-electron chi connectivity index (χ4n) is 2.86. The summed E-state index contributed by atoms with van der Waals surface area (Å²) in [6.07, 6.45) is 2.13. The molecule has 1 amide bonds. The Balaban J connectivity index is 1.75. The molecule has 136 valence electrons. The fourth-order valence-corrected chi connectivity index (χ4v) is 2.86. The van der Waals surface area contributed by atoms with Gasteiger partial charge in [-0.25, -0.2) is 0 Å². The summed E-state index contributed by atoms with van der Waals surface area (Å²) in [5.41, 5.74) is 3.00. The van der Waals surface area contributed by atoms with Crippen LogP contribution in [0.2, 0.25) is 0 Å². The van der Waals surface area contributed by atoms with E-state index < -0.39 is 6.10 Å². The Morgan fingerprint density at radius 3 is 1.70 bits per heavy atom. The SMILES string of the molecule is O=C([C@@H](O)/C=C/c1ccccc1)N(Cc1ccccc1)Cc1ccccc1. The van der Waals surface area contributed by atoms with Crippen LogP contribution in [0.1, 0.15) is 16.7 Å². The summed E-state index contributed by atoms with van der Waals surface area (Å²) >= 11 is 0. The Bertz CT molecular complexity index is 819. The van der Waals surface area contributed by atoms with Gasteiger partial charge in [0.1, 0.15) is 0 Å². The maximum atomic E-state index is 12.9. The highest BCUT2D eigenvalue weighted by Gasteiger charge is 2.20. The number of benzene rings is 3. The van der Waals surface area contributed by atoms with Gasteiger partial charge in [0.2, 0.25) is 0 Å². The third-order valence-electron chi connectivity index (χ3n) is 4.27. The first kappa shape index (κ1) is 18.6. The number of carbonyl (C=O) groups is 1. The Morgan fingerprint density at radius 2 is 1.22 bits per heavy atom. The Labute approximate surface area is 160 Å². The summed E-state index contributed by atoms with van der Waals surface area (Å²) in [5, 5.41) is 10.4. The zero-order chi connectivity index (χ0) is 18.9. The maximum absolute atomic E-state index is 12.9. The van der Waals surface area contributed by atoms with Gasteiger partial charge < -0.3 is 10.0 Å². The quantitative estimate of drug-likeness (QED) is 0.685. The third kappa shape index (κ3) is 5.66. The van der Waals surface area contributed by atoms with Crippen LogP contribution in [0, 0.1) is 0 Å². The van der Waals surface area contributed by atoms with Crippen LogP contribution in [-0.2, 0) is 17.9 Å². The van der Waals surface area contributed by atoms with Gasteiger partial charge in [-0.1, -0.05) is 97.1 Å². The average molecular weight is 357 g/mol. The predicted octanol–water partition coefficient (Wildman–Crippen LogP) is 4.29. The molecule has 0 aliphatic carbocycles. The van der Waals surface area contributed by atoms with Crippen LogP contribution >= 0.6 is 0 Å². The van der Waals surface area contributed by atoms with Crippen LogP contribution in [0.5, 0.6) is 0 Å². The molecule has 1 atom stereocenters. The van der Waals surface area contributed by atoms with Crippen molar-refractivity contribution < 1.29 is 9.90 Å². The van der Waals surface area contributed by atoms with Gasteiger partial charge in [0.05, 0.1) is 0 Å². The standard InChI is InChI=1S/C24H23NO2/c26-23(17-16-20-10-4-1-5-11-20)24(27)25(18-21-12-6-2-7-13-21)19-22-14-8-3-9-15-22/h1-17,23,26H,18-19H2/b17-16+/t23-/m0/s1. The van der Waals surface area contributed by atoms with Gasteiger partial charge in [0.25, 0.3) is 5.91 Å². The Morgan fingerprint density at radius 1 is 0.778 bits per heavy atom. The van der Waals surface area contributed by atoms with Crippen molar-refractivity contribution in [2.45, 2.75) is 19.2 Å². The first-order valence-corrected chi connectivity index (χ1v) is 9.00. The van der Waals surface area contributed by atoms with Crippen molar-refractivity contribution in [3.8, 4) is 0 Å². The van der Waals surface area contributed by atoms with Gasteiger partial charge in [-0.15, -0.1) is 0 Å². The second-order valence-electron chi connectivity index (χ2n) is 6.38. The third-order valence-corrected chi connectivity index (χ3v) is 4.27. The van der Waals surface area contributed by atoms with Crippen LogP contribution in [-0.4, -0.2) is 22.0 Å². The molecule has 0 aliphatic heterocycles. The minimum atomic E-state index is -1.18. The van der Waals surface area contributed by atoms with Crippen LogP contribution < -0.4 is 0 Å². The minimum absolute atomic E-state index is 0.310. The van der Waals surface area contributed by atoms with Crippen LogP contribution in [0.15, 0.2) is 97.1 Å². The molecule has 27 heavy (non-hydrogen) atoms. The summed E-state index contributed by atoms with van der Waals surface area (Å²) < 4.78 is 0. The van der Waals surface area contributed by atoms with E-state index in [1.807, 2.05) is 91.0 Å². The molecule has 0 bridgehead atoms. The van der Waals surface area contributed by atoms with Crippen molar-refractivity contribution in [2.24, 2.45) is 0 Å². The molecular formula is C24H23NO2. The first-order valence-electron chi connectivity index (χ1n) is 9.00. The van der Waals surface area contributed by atoms with Crippen molar-refractivity contribution in [3.05, 3.63) is 114 Å². The van der Waals surface area contributed by atoms with E-state index in [1.54, 1.807) is 17.1 Å². The Kier molecular flexibility index (Phi) is 6.55. The van der Waals surface area contributed by atoms with Crippen molar-refractivity contribution in [3.63, 3.8) is 0 Å². The van der Waals surface area contributed by atoms with E-state index in [1.165, 1.54) is 0 Å². The molecule has 3 nitrogen and oxygen atoms in total. The summed E-state index contributed by atoms with van der Waals surface area (Å²) in [5.74, 6) is -0.310. The number of rotatable bonds is 7. The largest absolute Gasteiger partial charge is 0.379 e. The molecule has 0 unspecified atom stereocenters. The van der Waals surface area contributed by atoms with E-state index in [-0.39, 0.29) is 5.91 Å². The minimum Gasteiger partial charge on any atom is -0.379 e. The van der Waals surface area contributed by atoms with E-state index in [4.69, 9.17) is 0 Å². The molecule has 0 spiro atoms. The van der Waals surface area contributed by atoms with Crippen molar-refractivity contribution >= 4 is 12.0 Å². The van der Waals surface area contributed by atoms with E-state index in [9.17, 15) is 9.90 Å². The lowest BCUT2D eigenvalue weighted by Crippen LogP contribution is -2.37. The smallest absolute Gasteiger partial charge is 0.256 e. The second-order valence-corrected chi connectivity index (χ2v) is 6.38. The highest BCUT2D eigenvalue weighted by molar-refractivity contribution is 5.83. The summed E-state index contributed by atoms with van der Waals surface area (Å²) in [4.78, 5) is 14.6. The molecule has 0 aliphatic rings. The number of aliphatic hydroxyl groups excluding tert-OH is 1. The van der Waals surface area contributed by atoms with E-state index in [0.29, 0.717) is 13.1 Å². The number of nitrogens with zero attached hydrogens (tertiary/aromatic N) is 1. The molecule has 0 radical (unpaired) electrons. The van der Waals surface area contributed by atoms with E-state index in [2.05, 4.69) is 0 Å². The van der Waals surface area contributed by atoms with Gasteiger partial charge in [-0.3, -0.25) is 4.79 Å². The lowest BCUT2D eigenvalue weighted by Gasteiger charge is -2.24. The van der Waals surface area contributed by atoms with Gasteiger partial charge in [-0.2, -0.15) is 0 Å². The molecule has 3 aromatic carbocycles. The predicted molar refractivity (Wildman–Crippen MR) is 109 cm³/mol. The van der Waals surface area contributed by atoms with Gasteiger partial charge in [0.15, 0.2) is 6.10 Å². The number of hydrogen-bond acceptors (Lipinski definition) is 2. The highest BCUT2D eigenvalue weighted by Crippen LogP contribution is 2.13. The molecule has 3 heteroatoms. The van der Waals surface area contributed by atoms with Gasteiger partial charge in [0, 0.05) is 13.1 Å². The monoisotopic (exact) mass is 357 g/mol. The molecule has 0 saturated heterocycles. The van der Waals surface area contributed by atoms with Crippen molar-refractivity contribution in [1.82, 2.24) is 4.90 Å². The van der Waals surface area contributed by atoms with Crippen molar-refractivity contribution in [1.29, 1.82) is 0 Å². The summed E-state index contributed by atoms with van der Waals surface area (Å²) in [7, 11) is 0. The molecule has 0 heterocycles. The molecule has 0 aromatic heterocycles. The molecule has 1 N–H and O–H groups in total. The average Bonchev–Trinajstić information content (AvgIpc) is 2.73. The van der Waals surface area contributed by atoms with E-state index >= 15 is 0 Å². The van der Waals surface area contributed by atoms with Crippen LogP contribution in [0.25, 0.3) is 6.08 Å². The Hall–Kier alpha value is -3.17. The molecule has 0 saturated carbocycles. The van der Waals surface area contributed by atoms with Gasteiger partial charge >= 0.3 is 0 Å². The molecule has 3 aromatic rings. The molecular weight excluding hydrogens is 334 g/mol. The highest BCUT2D eigenvalue weighted by atomic mass is 16.3. The second kappa shape index (κ2) is 9.51. The first-order chi connectivity index (χ1) is 13.2. The van der Waals surface area contributed by atoms with Crippen molar-refractivity contribution in [2.75, 3.05) is 0 Å². The topological polar surface area (TPSA) is 40.5 Å². The van der Waals surface area contributed by atoms with Crippen LogP contribution in [0.3, 0.4) is 0 Å². The van der Waals surface area contributed by atoms with E-state index in [0.717, 1.165) is 16.7 Å². The number of hydrogen-bond donors (Lipinski definition) is 1. The lowest BCUT2D eigenvalue weighted by atomic mass is 10.1. The lowest BCUT2D eigenvalue weighted by molar-refractivity contribution is -0.139. The fraction of sp³-hybridized carbons (Fsp3) is 0.125. The van der Waals surface area contributed by atoms with Gasteiger partial charge in [-0.05, 0) is 22.8 Å². The maximum Gasteiger partial charge on any atom is 0.256 e. The summed E-state index contributed by atoms with van der Waals surface area (Å²) in [6.45, 7) is 0.898. The van der Waals surface area contributed by atoms with Crippen LogP contribution in [0.4, 0.5) is 0 Å². The number of carbonyl (C=O) groups excluding carboxylic acids is 1. The molecule has 3 rings (SSSR count).